The Bertz CT molecular complexity index is 871. The molecule has 23 heavy (non-hydrogen) atoms. The number of hydrogen-bond acceptors (Lipinski definition) is 4. The molecule has 6 heteroatoms. The number of nitrogens with zero attached hydrogens (tertiary/aromatic N) is 1. The maximum atomic E-state index is 12.3. The second-order valence-electron chi connectivity index (χ2n) is 5.10. The Balaban J connectivity index is 1.87. The van der Waals surface area contributed by atoms with Gasteiger partial charge in [0.15, 0.2) is 17.4 Å². The zero-order chi connectivity index (χ0) is 16.4. The summed E-state index contributed by atoms with van der Waals surface area (Å²) >= 11 is 0. The fourth-order valence-electron chi connectivity index (χ4n) is 2.27. The van der Waals surface area contributed by atoms with E-state index >= 15 is 0 Å². The maximum absolute atomic E-state index is 12.3. The molecular weight excluding hydrogens is 296 g/mol. The zero-order valence-electron chi connectivity index (χ0n) is 12.3. The van der Waals surface area contributed by atoms with Crippen molar-refractivity contribution in [1.29, 1.82) is 0 Å². The number of aromatic nitrogens is 1. The summed E-state index contributed by atoms with van der Waals surface area (Å²) in [6, 6.07) is 12.3. The number of nitrogens with one attached hydrogen (secondary N) is 1. The summed E-state index contributed by atoms with van der Waals surface area (Å²) < 4.78 is 5.43. The standard InChI is InChI=1S/C17H14N2O4/c1-10-7-8-13-12(18-10)9-14(23-13)16(20)19-15(17(21)22)11-5-3-2-4-6-11/h2-9,15H,1H3,(H,19,20)(H,21,22)/t15-/m0/s1. The minimum Gasteiger partial charge on any atom is -0.479 e. The van der Waals surface area contributed by atoms with Crippen LogP contribution >= 0.6 is 0 Å². The number of carboxylic acid groups (broad SMARTS) is 1. The molecule has 0 aliphatic heterocycles. The Kier molecular flexibility index (Phi) is 3.80. The lowest BCUT2D eigenvalue weighted by molar-refractivity contribution is -0.139. The average Bonchev–Trinajstić information content (AvgIpc) is 2.96. The smallest absolute Gasteiger partial charge is 0.330 e. The number of aryl methyl sites for hydroxylation is 1. The first kappa shape index (κ1) is 14.8. The second kappa shape index (κ2) is 5.92. The number of amides is 1. The van der Waals surface area contributed by atoms with Gasteiger partial charge in [-0.15, -0.1) is 0 Å². The quantitative estimate of drug-likeness (QED) is 0.773. The van der Waals surface area contributed by atoms with E-state index < -0.39 is 17.9 Å². The predicted molar refractivity (Wildman–Crippen MR) is 83.0 cm³/mol. The minimum absolute atomic E-state index is 0.0280. The molecule has 3 rings (SSSR count). The normalized spacial score (nSPS) is 12.0. The third-order valence-corrected chi connectivity index (χ3v) is 3.39. The molecule has 0 spiro atoms. The van der Waals surface area contributed by atoms with E-state index in [1.165, 1.54) is 6.07 Å². The van der Waals surface area contributed by atoms with Gasteiger partial charge in [0, 0.05) is 11.8 Å². The first-order valence-electron chi connectivity index (χ1n) is 7.00. The zero-order valence-corrected chi connectivity index (χ0v) is 12.3. The lowest BCUT2D eigenvalue weighted by Gasteiger charge is -2.13. The predicted octanol–water partition coefficient (Wildman–Crippen LogP) is 2.69. The van der Waals surface area contributed by atoms with Crippen molar-refractivity contribution in [3.8, 4) is 0 Å². The molecule has 1 atom stereocenters. The molecule has 0 aliphatic rings. The van der Waals surface area contributed by atoms with Crippen molar-refractivity contribution < 1.29 is 19.1 Å². The van der Waals surface area contributed by atoms with Crippen LogP contribution in [0.4, 0.5) is 0 Å². The third-order valence-electron chi connectivity index (χ3n) is 3.39. The molecule has 2 aromatic heterocycles. The minimum atomic E-state index is -1.15. The SMILES string of the molecule is Cc1ccc2oc(C(=O)N[C@H](C(=O)O)c3ccccc3)cc2n1. The van der Waals surface area contributed by atoms with E-state index in [1.807, 2.05) is 6.92 Å². The van der Waals surface area contributed by atoms with Crippen LogP contribution in [-0.4, -0.2) is 22.0 Å². The van der Waals surface area contributed by atoms with Gasteiger partial charge in [-0.1, -0.05) is 30.3 Å². The summed E-state index contributed by atoms with van der Waals surface area (Å²) in [5.74, 6) is -1.72. The molecule has 1 aromatic carbocycles. The van der Waals surface area contributed by atoms with Crippen molar-refractivity contribution in [1.82, 2.24) is 10.3 Å². The molecular formula is C17H14N2O4. The number of carbonyl (C=O) groups excluding carboxylic acids is 1. The van der Waals surface area contributed by atoms with Crippen LogP contribution in [0.25, 0.3) is 11.1 Å². The van der Waals surface area contributed by atoms with Crippen molar-refractivity contribution in [2.45, 2.75) is 13.0 Å². The molecule has 0 bridgehead atoms. The lowest BCUT2D eigenvalue weighted by Crippen LogP contribution is -2.33. The molecule has 0 fully saturated rings. The summed E-state index contributed by atoms with van der Waals surface area (Å²) in [5.41, 5.74) is 2.32. The van der Waals surface area contributed by atoms with Gasteiger partial charge in [-0.25, -0.2) is 9.78 Å². The Hall–Kier alpha value is -3.15. The Morgan fingerprint density at radius 1 is 1.17 bits per heavy atom. The first-order valence-corrected chi connectivity index (χ1v) is 7.00. The van der Waals surface area contributed by atoms with Gasteiger partial charge in [0.25, 0.3) is 5.91 Å². The summed E-state index contributed by atoms with van der Waals surface area (Å²) in [7, 11) is 0. The number of carboxylic acids is 1. The number of hydrogen-bond donors (Lipinski definition) is 2. The molecule has 2 heterocycles. The molecule has 0 saturated carbocycles. The van der Waals surface area contributed by atoms with E-state index in [2.05, 4.69) is 10.3 Å². The Morgan fingerprint density at radius 3 is 2.61 bits per heavy atom. The van der Waals surface area contributed by atoms with Crippen molar-refractivity contribution in [3.05, 3.63) is 65.5 Å². The molecule has 0 unspecified atom stereocenters. The van der Waals surface area contributed by atoms with E-state index in [1.54, 1.807) is 42.5 Å². The van der Waals surface area contributed by atoms with Crippen LogP contribution in [0.3, 0.4) is 0 Å². The highest BCUT2D eigenvalue weighted by molar-refractivity contribution is 5.97. The number of pyridine rings is 1. The van der Waals surface area contributed by atoms with Crippen molar-refractivity contribution in [3.63, 3.8) is 0 Å². The molecule has 116 valence electrons. The van der Waals surface area contributed by atoms with Crippen LogP contribution < -0.4 is 5.32 Å². The van der Waals surface area contributed by atoms with E-state index in [0.717, 1.165) is 5.69 Å². The van der Waals surface area contributed by atoms with Crippen LogP contribution in [0.2, 0.25) is 0 Å². The number of rotatable bonds is 4. The van der Waals surface area contributed by atoms with Crippen LogP contribution in [0.5, 0.6) is 0 Å². The first-order chi connectivity index (χ1) is 11.0. The number of carbonyl (C=O) groups is 2. The molecule has 3 aromatic rings. The highest BCUT2D eigenvalue weighted by Crippen LogP contribution is 2.19. The van der Waals surface area contributed by atoms with Crippen LogP contribution in [-0.2, 0) is 4.79 Å². The van der Waals surface area contributed by atoms with E-state index in [0.29, 0.717) is 16.7 Å². The number of benzene rings is 1. The van der Waals surface area contributed by atoms with Gasteiger partial charge in [-0.05, 0) is 24.6 Å². The van der Waals surface area contributed by atoms with E-state index in [-0.39, 0.29) is 5.76 Å². The van der Waals surface area contributed by atoms with Crippen LogP contribution in [0.15, 0.2) is 52.9 Å². The molecule has 2 N–H and O–H groups in total. The van der Waals surface area contributed by atoms with Gasteiger partial charge in [0.05, 0.1) is 0 Å². The Labute approximate surface area is 131 Å². The molecule has 0 aliphatic carbocycles. The van der Waals surface area contributed by atoms with Gasteiger partial charge < -0.3 is 14.8 Å². The number of furan rings is 1. The topological polar surface area (TPSA) is 92.4 Å². The lowest BCUT2D eigenvalue weighted by atomic mass is 10.1. The largest absolute Gasteiger partial charge is 0.479 e. The van der Waals surface area contributed by atoms with E-state index in [9.17, 15) is 14.7 Å². The second-order valence-corrected chi connectivity index (χ2v) is 5.10. The molecule has 6 nitrogen and oxygen atoms in total. The van der Waals surface area contributed by atoms with Crippen molar-refractivity contribution in [2.24, 2.45) is 0 Å². The fraction of sp³-hybridized carbons (Fsp3) is 0.118. The Morgan fingerprint density at radius 2 is 1.91 bits per heavy atom. The molecule has 0 radical (unpaired) electrons. The fourth-order valence-corrected chi connectivity index (χ4v) is 2.27. The van der Waals surface area contributed by atoms with Crippen molar-refractivity contribution in [2.75, 3.05) is 0 Å². The summed E-state index contributed by atoms with van der Waals surface area (Å²) in [6.07, 6.45) is 0. The van der Waals surface area contributed by atoms with E-state index in [4.69, 9.17) is 4.42 Å². The third kappa shape index (κ3) is 3.06. The van der Waals surface area contributed by atoms with Crippen LogP contribution in [0, 0.1) is 6.92 Å². The van der Waals surface area contributed by atoms with Gasteiger partial charge >= 0.3 is 5.97 Å². The average molecular weight is 310 g/mol. The maximum Gasteiger partial charge on any atom is 0.330 e. The van der Waals surface area contributed by atoms with Gasteiger partial charge in [-0.3, -0.25) is 4.79 Å². The highest BCUT2D eigenvalue weighted by atomic mass is 16.4. The van der Waals surface area contributed by atoms with Gasteiger partial charge in [0.1, 0.15) is 5.52 Å². The monoisotopic (exact) mass is 310 g/mol. The summed E-state index contributed by atoms with van der Waals surface area (Å²) in [6.45, 7) is 1.84. The highest BCUT2D eigenvalue weighted by Gasteiger charge is 2.24. The number of fused-ring (bicyclic) bond motifs is 1. The van der Waals surface area contributed by atoms with Gasteiger partial charge in [-0.2, -0.15) is 0 Å². The number of aliphatic carboxylic acids is 1. The summed E-state index contributed by atoms with van der Waals surface area (Å²) in [5, 5.41) is 11.8. The summed E-state index contributed by atoms with van der Waals surface area (Å²) in [4.78, 5) is 28.0. The molecule has 0 saturated heterocycles. The van der Waals surface area contributed by atoms with Crippen LogP contribution in [0.1, 0.15) is 27.9 Å². The molecule has 1 amide bonds. The van der Waals surface area contributed by atoms with Gasteiger partial charge in [0.2, 0.25) is 0 Å². The van der Waals surface area contributed by atoms with Crippen molar-refractivity contribution >= 4 is 23.0 Å².